The molecule has 2 aromatic heterocycles. The smallest absolute Gasteiger partial charge is 0.259 e. The molecule has 9 aromatic rings. The summed E-state index contributed by atoms with van der Waals surface area (Å²) in [5, 5.41) is 11.3. The van der Waals surface area contributed by atoms with E-state index in [1.807, 2.05) is 24.3 Å². The number of hydrogen-bond acceptors (Lipinski definition) is 4. The molecule has 0 amide bonds. The third-order valence-corrected chi connectivity index (χ3v) is 7.80. The van der Waals surface area contributed by atoms with Crippen molar-refractivity contribution in [1.29, 1.82) is 0 Å². The Morgan fingerprint density at radius 1 is 0.324 bits per heavy atom. The molecule has 0 aliphatic rings. The first-order valence-electron chi connectivity index (χ1n) is 11.0. The number of benzene rings is 7. The second-order valence-electron chi connectivity index (χ2n) is 9.22. The van der Waals surface area contributed by atoms with Crippen LogP contribution in [0.4, 0.5) is 0 Å². The lowest BCUT2D eigenvalue weighted by Gasteiger charge is -2.21. The summed E-state index contributed by atoms with van der Waals surface area (Å²) in [6.07, 6.45) is 0. The van der Waals surface area contributed by atoms with E-state index in [0.717, 1.165) is 48.5 Å². The van der Waals surface area contributed by atoms with Crippen LogP contribution in [0, 0.1) is 0 Å². The van der Waals surface area contributed by atoms with E-state index >= 15 is 0 Å². The zero-order valence-electron chi connectivity index (χ0n) is 17.3. The first kappa shape index (κ1) is 16.7. The maximum Gasteiger partial charge on any atom is 0.259 e. The molecule has 156 valence electrons. The van der Waals surface area contributed by atoms with Gasteiger partial charge in [0, 0.05) is 10.8 Å². The van der Waals surface area contributed by atoms with Crippen molar-refractivity contribution in [2.24, 2.45) is 0 Å². The predicted molar refractivity (Wildman–Crippen MR) is 136 cm³/mol. The quantitative estimate of drug-likeness (QED) is 0.274. The summed E-state index contributed by atoms with van der Waals surface area (Å²) in [5.41, 5.74) is -2.05. The predicted octanol–water partition coefficient (Wildman–Crippen LogP) is 4.20. The Bertz CT molecular complexity index is 2400. The monoisotopic (exact) mass is 438 g/mol. The Labute approximate surface area is 186 Å². The minimum Gasteiger partial charge on any atom is -0.288 e. The number of aromatic nitrogens is 2. The Morgan fingerprint density at radius 2 is 0.647 bits per heavy atom. The van der Waals surface area contributed by atoms with Gasteiger partial charge in [-0.1, -0.05) is 48.5 Å². The minimum absolute atomic E-state index is 0.179. The van der Waals surface area contributed by atoms with Crippen molar-refractivity contribution >= 4 is 86.2 Å². The molecule has 34 heavy (non-hydrogen) atoms. The van der Waals surface area contributed by atoms with E-state index in [1.54, 1.807) is 0 Å². The molecule has 0 fully saturated rings. The maximum atomic E-state index is 13.1. The van der Waals surface area contributed by atoms with Crippen molar-refractivity contribution in [3.63, 3.8) is 0 Å². The average molecular weight is 438 g/mol. The number of H-pyrrole nitrogens is 2. The molecular weight excluding hydrogens is 428 g/mol. The fraction of sp³-hybridized carbons (Fsp3) is 0. The molecule has 0 saturated heterocycles. The van der Waals surface area contributed by atoms with E-state index < -0.39 is 22.2 Å². The van der Waals surface area contributed by atoms with Gasteiger partial charge in [0.05, 0.1) is 21.5 Å². The normalized spacial score (nSPS) is 13.2. The van der Waals surface area contributed by atoms with Gasteiger partial charge in [-0.05, 0) is 53.9 Å². The Kier molecular flexibility index (Phi) is 2.41. The zero-order chi connectivity index (χ0) is 22.6. The highest BCUT2D eigenvalue weighted by molar-refractivity contribution is 6.51. The van der Waals surface area contributed by atoms with Crippen molar-refractivity contribution in [3.8, 4) is 0 Å². The van der Waals surface area contributed by atoms with Crippen molar-refractivity contribution in [2.75, 3.05) is 0 Å². The minimum atomic E-state index is -0.542. The second kappa shape index (κ2) is 4.89. The third kappa shape index (κ3) is 1.50. The molecule has 0 saturated carbocycles. The van der Waals surface area contributed by atoms with Gasteiger partial charge >= 0.3 is 0 Å². The van der Waals surface area contributed by atoms with Crippen LogP contribution >= 0.6 is 0 Å². The Morgan fingerprint density at radius 3 is 1.09 bits per heavy atom. The molecule has 6 heteroatoms. The van der Waals surface area contributed by atoms with Crippen molar-refractivity contribution in [1.82, 2.24) is 9.97 Å². The maximum absolute atomic E-state index is 13.1. The SMILES string of the molecule is O=c1[nH]c(=O)c2c1c1ccc3ccc4ccc5ccc6c7c(=O)[nH]c(=O)c7c2c2c1c3c4c5c62. The van der Waals surface area contributed by atoms with Gasteiger partial charge in [-0.15, -0.1) is 0 Å². The fourth-order valence-corrected chi connectivity index (χ4v) is 6.64. The molecule has 2 heterocycles. The van der Waals surface area contributed by atoms with E-state index in [1.165, 1.54) is 0 Å². The van der Waals surface area contributed by atoms with E-state index in [9.17, 15) is 19.2 Å². The molecule has 0 aliphatic carbocycles. The lowest BCUT2D eigenvalue weighted by Crippen LogP contribution is -2.06. The highest BCUT2D eigenvalue weighted by Crippen LogP contribution is 2.51. The number of aromatic amines is 2. The van der Waals surface area contributed by atoms with E-state index in [0.29, 0.717) is 16.2 Å². The van der Waals surface area contributed by atoms with Gasteiger partial charge in [0.25, 0.3) is 22.2 Å². The van der Waals surface area contributed by atoms with E-state index in [4.69, 9.17) is 0 Å². The van der Waals surface area contributed by atoms with Crippen molar-refractivity contribution in [3.05, 3.63) is 89.9 Å². The summed E-state index contributed by atoms with van der Waals surface area (Å²) in [5.74, 6) is 0. The van der Waals surface area contributed by atoms with Gasteiger partial charge < -0.3 is 0 Å². The molecule has 0 atom stereocenters. The summed E-state index contributed by atoms with van der Waals surface area (Å²) < 4.78 is 0. The standard InChI is InChI=1S/C28H10N2O4/c31-25-19-12-7-5-10-3-1-9-2-4-11-6-8-13-18-16(11)14(9)15(10)17(12)21(18)22(23(19)27(33)29-25)24-20(13)26(32)30-28(24)34/h1-8H,(H,29,31,33)(H,30,32,34). The van der Waals surface area contributed by atoms with Gasteiger partial charge in [0.2, 0.25) is 0 Å². The Balaban J connectivity index is 1.94. The van der Waals surface area contributed by atoms with Crippen molar-refractivity contribution in [2.45, 2.75) is 0 Å². The molecule has 9 rings (SSSR count). The molecule has 0 spiro atoms. The van der Waals surface area contributed by atoms with Crippen LogP contribution in [0.1, 0.15) is 0 Å². The highest BCUT2D eigenvalue weighted by atomic mass is 16.2. The summed E-state index contributed by atoms with van der Waals surface area (Å²) >= 11 is 0. The van der Waals surface area contributed by atoms with Crippen LogP contribution < -0.4 is 22.2 Å². The molecular formula is C28H10N2O4. The molecule has 0 unspecified atom stereocenters. The lowest BCUT2D eigenvalue weighted by atomic mass is 9.80. The average Bonchev–Trinajstić information content (AvgIpc) is 3.31. The van der Waals surface area contributed by atoms with Gasteiger partial charge in [-0.2, -0.15) is 0 Å². The first-order valence-corrected chi connectivity index (χ1v) is 11.0. The van der Waals surface area contributed by atoms with Gasteiger partial charge in [-0.25, -0.2) is 0 Å². The van der Waals surface area contributed by atoms with E-state index in [2.05, 4.69) is 34.2 Å². The van der Waals surface area contributed by atoms with Crippen LogP contribution in [-0.2, 0) is 0 Å². The second-order valence-corrected chi connectivity index (χ2v) is 9.22. The molecule has 7 aromatic carbocycles. The largest absolute Gasteiger partial charge is 0.288 e. The summed E-state index contributed by atoms with van der Waals surface area (Å²) in [6, 6.07) is 16.0. The number of hydrogen-bond donors (Lipinski definition) is 2. The van der Waals surface area contributed by atoms with Crippen LogP contribution in [0.15, 0.2) is 67.7 Å². The molecule has 2 N–H and O–H groups in total. The van der Waals surface area contributed by atoms with E-state index in [-0.39, 0.29) is 21.5 Å². The lowest BCUT2D eigenvalue weighted by molar-refractivity contribution is 1.26. The molecule has 0 aliphatic heterocycles. The van der Waals surface area contributed by atoms with Crippen LogP contribution in [0.25, 0.3) is 86.2 Å². The van der Waals surface area contributed by atoms with Crippen LogP contribution in [-0.4, -0.2) is 9.97 Å². The topological polar surface area (TPSA) is 99.9 Å². The first-order chi connectivity index (χ1) is 16.5. The summed E-state index contributed by atoms with van der Waals surface area (Å²) in [4.78, 5) is 57.1. The molecule has 0 bridgehead atoms. The number of rotatable bonds is 0. The molecule has 0 radical (unpaired) electrons. The van der Waals surface area contributed by atoms with Crippen LogP contribution in [0.2, 0.25) is 0 Å². The number of nitrogens with one attached hydrogen (secondary N) is 2. The van der Waals surface area contributed by atoms with Gasteiger partial charge in [0.1, 0.15) is 0 Å². The van der Waals surface area contributed by atoms with Gasteiger partial charge in [-0.3, -0.25) is 29.1 Å². The van der Waals surface area contributed by atoms with Crippen molar-refractivity contribution < 1.29 is 0 Å². The fourth-order valence-electron chi connectivity index (χ4n) is 6.64. The zero-order valence-corrected chi connectivity index (χ0v) is 17.3. The third-order valence-electron chi connectivity index (χ3n) is 7.80. The highest BCUT2D eigenvalue weighted by Gasteiger charge is 2.28. The number of fused-ring (bicyclic) bond motifs is 6. The Hall–Kier alpha value is -4.84. The van der Waals surface area contributed by atoms with Crippen LogP contribution in [0.5, 0.6) is 0 Å². The summed E-state index contributed by atoms with van der Waals surface area (Å²) in [7, 11) is 0. The summed E-state index contributed by atoms with van der Waals surface area (Å²) in [6.45, 7) is 0. The van der Waals surface area contributed by atoms with Crippen LogP contribution in [0.3, 0.4) is 0 Å². The molecule has 6 nitrogen and oxygen atoms in total. The van der Waals surface area contributed by atoms with Gasteiger partial charge in [0.15, 0.2) is 0 Å².